The smallest absolute Gasteiger partial charge is 0.220 e. The third-order valence-electron chi connectivity index (χ3n) is 20.8. The van der Waals surface area contributed by atoms with Crippen LogP contribution in [0.4, 0.5) is 0 Å². The molecule has 0 radical (unpaired) electrons. The lowest BCUT2D eigenvalue weighted by molar-refractivity contribution is -0.359. The molecule has 0 aliphatic carbocycles. The largest absolute Gasteiger partial charge is 0.394 e. The van der Waals surface area contributed by atoms with Gasteiger partial charge in [-0.1, -0.05) is 381 Å². The maximum absolute atomic E-state index is 13.4. The Kier molecular flexibility index (Phi) is 67.8. The standard InChI is InChI=1S/C90H161NO13/c1-3-5-7-9-11-13-15-17-19-21-23-25-27-29-31-33-35-37-38-39-40-42-44-46-48-50-52-54-56-58-60-62-64-66-68-70-72-74-82(95)91-78(77-101-89-87(100)85(98)88(81(76-93)103-89)104-90-86(99)84(97)83(96)80(75-92)102-90)79(94)73-71-69-67-65-63-61-59-57-55-53-51-49-47-45-43-41-36-34-32-30-28-26-24-22-20-18-16-14-12-10-8-6-4-2/h5,7,11,13,17,19,23,25,29,31,35,37,63,65,71,73,78-81,83-90,92-94,96-100H,3-4,6,8-10,12,14-16,18,20-22,24,26-28,30,32-34,36,38-62,64,66-70,72,74-77H2,1-2H3,(H,91,95)/b7-5-,13-11-,19-17-,25-23-,31-29-,37-35-,65-63+,73-71+. The first-order valence-electron chi connectivity index (χ1n) is 43.5. The van der Waals surface area contributed by atoms with Crippen LogP contribution in [0.1, 0.15) is 373 Å². The number of aliphatic hydroxyl groups excluding tert-OH is 8. The fourth-order valence-electron chi connectivity index (χ4n) is 14.0. The van der Waals surface area contributed by atoms with Crippen LogP contribution in [-0.2, 0) is 23.7 Å². The molecule has 0 saturated carbocycles. The van der Waals surface area contributed by atoms with Gasteiger partial charge >= 0.3 is 0 Å². The average Bonchev–Trinajstić information content (AvgIpc) is 0.790. The molecule has 2 rings (SSSR count). The average molecular weight is 1470 g/mol. The van der Waals surface area contributed by atoms with Gasteiger partial charge in [0.1, 0.15) is 48.8 Å². The number of carbonyl (C=O) groups is 1. The fraction of sp³-hybridized carbons (Fsp3) is 0.811. The first-order chi connectivity index (χ1) is 51.1. The van der Waals surface area contributed by atoms with E-state index >= 15 is 0 Å². The summed E-state index contributed by atoms with van der Waals surface area (Å²) < 4.78 is 22.9. The van der Waals surface area contributed by atoms with Crippen LogP contribution in [0.2, 0.25) is 0 Å². The molecule has 2 fully saturated rings. The molecular weight excluding hydrogens is 1300 g/mol. The minimum atomic E-state index is -1.80. The Morgan fingerprint density at radius 2 is 0.673 bits per heavy atom. The third kappa shape index (κ3) is 54.5. The molecule has 0 spiro atoms. The molecule has 2 saturated heterocycles. The lowest BCUT2D eigenvalue weighted by atomic mass is 9.97. The molecule has 2 aliphatic heterocycles. The predicted octanol–water partition coefficient (Wildman–Crippen LogP) is 20.8. The minimum Gasteiger partial charge on any atom is -0.394 e. The van der Waals surface area contributed by atoms with Crippen LogP contribution in [0.25, 0.3) is 0 Å². The van der Waals surface area contributed by atoms with E-state index in [1.54, 1.807) is 6.08 Å². The minimum absolute atomic E-state index is 0.245. The van der Waals surface area contributed by atoms with Gasteiger partial charge in [-0.15, -0.1) is 0 Å². The molecule has 14 nitrogen and oxygen atoms in total. The summed E-state index contributed by atoms with van der Waals surface area (Å²) in [5, 5.41) is 87.8. The first-order valence-corrected chi connectivity index (χ1v) is 43.5. The number of hydrogen-bond acceptors (Lipinski definition) is 13. The SMILES string of the molecule is CC/C=C\C/C=C\C/C=C\C/C=C\C/C=C\C/C=C\CCCCCCCCCCCCCCCCCCCCC(=O)NC(COC1OC(CO)C(OC2OC(CO)C(O)C(O)C2O)C(O)C1O)C(O)/C=C/CC/C=C/CCCCCCCCCCCCCCCCCCCCCCCCCCCCC. The number of carbonyl (C=O) groups excluding carboxylic acids is 1. The van der Waals surface area contributed by atoms with Crippen molar-refractivity contribution in [3.8, 4) is 0 Å². The zero-order chi connectivity index (χ0) is 75.1. The van der Waals surface area contributed by atoms with Crippen molar-refractivity contribution in [3.05, 3.63) is 97.2 Å². The van der Waals surface area contributed by atoms with E-state index in [1.165, 1.54) is 270 Å². The van der Waals surface area contributed by atoms with Crippen LogP contribution >= 0.6 is 0 Å². The Hall–Kier alpha value is -3.09. The van der Waals surface area contributed by atoms with E-state index < -0.39 is 86.8 Å². The lowest BCUT2D eigenvalue weighted by Crippen LogP contribution is -2.65. The second kappa shape index (κ2) is 72.8. The van der Waals surface area contributed by atoms with Crippen molar-refractivity contribution in [2.45, 2.75) is 447 Å². The molecule has 0 aromatic heterocycles. The Balaban J connectivity index is 1.59. The van der Waals surface area contributed by atoms with Crippen LogP contribution in [-0.4, -0.2) is 140 Å². The molecule has 604 valence electrons. The number of nitrogens with one attached hydrogen (secondary N) is 1. The monoisotopic (exact) mass is 1460 g/mol. The summed E-state index contributed by atoms with van der Waals surface area (Å²) in [4.78, 5) is 13.4. The van der Waals surface area contributed by atoms with Gasteiger partial charge in [-0.2, -0.15) is 0 Å². The highest BCUT2D eigenvalue weighted by Gasteiger charge is 2.51. The van der Waals surface area contributed by atoms with E-state index in [9.17, 15) is 45.6 Å². The number of unbranched alkanes of at least 4 members (excludes halogenated alkanes) is 46. The molecule has 12 unspecified atom stereocenters. The van der Waals surface area contributed by atoms with Crippen LogP contribution in [0, 0.1) is 0 Å². The van der Waals surface area contributed by atoms with Crippen LogP contribution in [0.5, 0.6) is 0 Å². The predicted molar refractivity (Wildman–Crippen MR) is 433 cm³/mol. The van der Waals surface area contributed by atoms with Crippen molar-refractivity contribution >= 4 is 5.91 Å². The van der Waals surface area contributed by atoms with Crippen molar-refractivity contribution in [1.82, 2.24) is 5.32 Å². The Morgan fingerprint density at radius 1 is 0.356 bits per heavy atom. The molecule has 14 heteroatoms. The molecule has 12 atom stereocenters. The number of aliphatic hydroxyl groups is 8. The highest BCUT2D eigenvalue weighted by atomic mass is 16.7. The zero-order valence-electron chi connectivity index (χ0n) is 66.5. The van der Waals surface area contributed by atoms with Gasteiger partial charge in [0.25, 0.3) is 0 Å². The number of rotatable bonds is 73. The number of allylic oxidation sites excluding steroid dienone is 15. The summed E-state index contributed by atoms with van der Waals surface area (Å²) in [6.07, 6.45) is 88.0. The molecule has 0 aromatic rings. The maximum atomic E-state index is 13.4. The van der Waals surface area contributed by atoms with Gasteiger partial charge in [-0.05, 0) is 83.5 Å². The van der Waals surface area contributed by atoms with Crippen molar-refractivity contribution < 1.29 is 64.6 Å². The lowest BCUT2D eigenvalue weighted by Gasteiger charge is -2.46. The number of hydrogen-bond donors (Lipinski definition) is 9. The quantitative estimate of drug-likeness (QED) is 0.0204. The Labute approximate surface area is 636 Å². The summed E-state index contributed by atoms with van der Waals surface area (Å²) in [5.41, 5.74) is 0. The van der Waals surface area contributed by atoms with Gasteiger partial charge in [-0.3, -0.25) is 4.79 Å². The molecule has 2 heterocycles. The van der Waals surface area contributed by atoms with Crippen molar-refractivity contribution in [2.24, 2.45) is 0 Å². The molecule has 1 amide bonds. The maximum Gasteiger partial charge on any atom is 0.220 e. The highest BCUT2D eigenvalue weighted by Crippen LogP contribution is 2.30. The molecular formula is C90H161NO13. The van der Waals surface area contributed by atoms with Crippen LogP contribution < -0.4 is 5.32 Å². The fourth-order valence-corrected chi connectivity index (χ4v) is 14.0. The van der Waals surface area contributed by atoms with Crippen molar-refractivity contribution in [2.75, 3.05) is 19.8 Å². The van der Waals surface area contributed by atoms with E-state index in [1.807, 2.05) is 6.08 Å². The Morgan fingerprint density at radius 3 is 1.06 bits per heavy atom. The summed E-state index contributed by atoms with van der Waals surface area (Å²) in [5.74, 6) is -0.245. The van der Waals surface area contributed by atoms with Gasteiger partial charge in [0.05, 0.1) is 32.0 Å². The van der Waals surface area contributed by atoms with E-state index in [0.717, 1.165) is 70.6 Å². The van der Waals surface area contributed by atoms with Crippen molar-refractivity contribution in [3.63, 3.8) is 0 Å². The van der Waals surface area contributed by atoms with Crippen LogP contribution in [0.15, 0.2) is 97.2 Å². The van der Waals surface area contributed by atoms with E-state index in [4.69, 9.17) is 18.9 Å². The Bertz CT molecular complexity index is 2120. The summed E-state index contributed by atoms with van der Waals surface area (Å²) in [6, 6.07) is -0.938. The summed E-state index contributed by atoms with van der Waals surface area (Å²) in [7, 11) is 0. The molecule has 0 bridgehead atoms. The normalized spacial score (nSPS) is 21.9. The number of ether oxygens (including phenoxy) is 4. The van der Waals surface area contributed by atoms with Gasteiger partial charge in [0.15, 0.2) is 12.6 Å². The van der Waals surface area contributed by atoms with E-state index in [2.05, 4.69) is 104 Å². The third-order valence-corrected chi connectivity index (χ3v) is 20.8. The summed E-state index contributed by atoms with van der Waals surface area (Å²) in [6.45, 7) is 2.72. The molecule has 104 heavy (non-hydrogen) atoms. The van der Waals surface area contributed by atoms with Gasteiger partial charge in [0, 0.05) is 6.42 Å². The second-order valence-electron chi connectivity index (χ2n) is 30.3. The highest BCUT2D eigenvalue weighted by molar-refractivity contribution is 5.76. The topological polar surface area (TPSA) is 228 Å². The molecule has 2 aliphatic rings. The van der Waals surface area contributed by atoms with E-state index in [0.29, 0.717) is 12.8 Å². The van der Waals surface area contributed by atoms with Gasteiger partial charge in [-0.25, -0.2) is 0 Å². The number of amides is 1. The first kappa shape index (κ1) is 97.0. The zero-order valence-corrected chi connectivity index (χ0v) is 66.5. The van der Waals surface area contributed by atoms with Crippen LogP contribution in [0.3, 0.4) is 0 Å². The van der Waals surface area contributed by atoms with Gasteiger partial charge in [0.2, 0.25) is 5.91 Å². The second-order valence-corrected chi connectivity index (χ2v) is 30.3. The van der Waals surface area contributed by atoms with E-state index in [-0.39, 0.29) is 18.9 Å². The van der Waals surface area contributed by atoms with Crippen molar-refractivity contribution in [1.29, 1.82) is 0 Å². The molecule has 9 N–H and O–H groups in total. The summed E-state index contributed by atoms with van der Waals surface area (Å²) >= 11 is 0. The van der Waals surface area contributed by atoms with Gasteiger partial charge < -0.3 is 65.1 Å². The molecule has 0 aromatic carbocycles.